The standard InChI is InChI=1S/C19H19N5O3/c25-18(15-6-1-2-7-16(15)24-13-20-12-21-24)22-14-5-3-9-23(11-14)19(26)17-8-4-10-27-17/h1-2,4,6-8,10,12-14H,3,5,9,11H2,(H,22,25). The van der Waals surface area contributed by atoms with Crippen LogP contribution in [0.4, 0.5) is 0 Å². The molecule has 3 heterocycles. The first-order valence-electron chi connectivity index (χ1n) is 8.80. The number of para-hydroxylation sites is 1. The van der Waals surface area contributed by atoms with Gasteiger partial charge < -0.3 is 14.6 Å². The molecule has 0 aliphatic carbocycles. The number of nitrogens with zero attached hydrogens (tertiary/aromatic N) is 4. The number of aromatic nitrogens is 3. The maximum atomic E-state index is 12.8. The first kappa shape index (κ1) is 17.0. The van der Waals surface area contributed by atoms with Gasteiger partial charge in [0.15, 0.2) is 5.76 Å². The highest BCUT2D eigenvalue weighted by Gasteiger charge is 2.27. The van der Waals surface area contributed by atoms with E-state index in [0.29, 0.717) is 30.1 Å². The molecule has 1 aromatic carbocycles. The third-order valence-corrected chi connectivity index (χ3v) is 4.59. The van der Waals surface area contributed by atoms with Crippen LogP contribution in [0.15, 0.2) is 59.7 Å². The van der Waals surface area contributed by atoms with Crippen LogP contribution in [0.2, 0.25) is 0 Å². The predicted molar refractivity (Wildman–Crippen MR) is 96.5 cm³/mol. The van der Waals surface area contributed by atoms with Crippen LogP contribution in [0, 0.1) is 0 Å². The van der Waals surface area contributed by atoms with Crippen LogP contribution in [-0.4, -0.2) is 50.6 Å². The highest BCUT2D eigenvalue weighted by atomic mass is 16.3. The molecular weight excluding hydrogens is 346 g/mol. The second-order valence-electron chi connectivity index (χ2n) is 6.40. The van der Waals surface area contributed by atoms with Gasteiger partial charge in [0.2, 0.25) is 0 Å². The summed E-state index contributed by atoms with van der Waals surface area (Å²) in [5.41, 5.74) is 1.17. The molecule has 8 heteroatoms. The van der Waals surface area contributed by atoms with Gasteiger partial charge in [0, 0.05) is 19.1 Å². The fourth-order valence-corrected chi connectivity index (χ4v) is 3.30. The van der Waals surface area contributed by atoms with E-state index < -0.39 is 0 Å². The van der Waals surface area contributed by atoms with Crippen LogP contribution >= 0.6 is 0 Å². The smallest absolute Gasteiger partial charge is 0.289 e. The second kappa shape index (κ2) is 7.45. The van der Waals surface area contributed by atoms with Gasteiger partial charge in [-0.15, -0.1) is 0 Å². The molecule has 2 amide bonds. The van der Waals surface area contributed by atoms with Crippen LogP contribution in [0.5, 0.6) is 0 Å². The summed E-state index contributed by atoms with van der Waals surface area (Å²) in [5, 5.41) is 7.15. The molecule has 1 atom stereocenters. The molecule has 1 aliphatic rings. The Balaban J connectivity index is 1.46. The summed E-state index contributed by atoms with van der Waals surface area (Å²) in [7, 11) is 0. The monoisotopic (exact) mass is 365 g/mol. The van der Waals surface area contributed by atoms with Crippen LogP contribution in [0.1, 0.15) is 33.8 Å². The number of furan rings is 1. The molecule has 27 heavy (non-hydrogen) atoms. The van der Waals surface area contributed by atoms with E-state index >= 15 is 0 Å². The number of hydrogen-bond acceptors (Lipinski definition) is 5. The Morgan fingerprint density at radius 2 is 2.07 bits per heavy atom. The molecule has 1 N–H and O–H groups in total. The Kier molecular flexibility index (Phi) is 4.69. The lowest BCUT2D eigenvalue weighted by molar-refractivity contribution is 0.0647. The fraction of sp³-hybridized carbons (Fsp3) is 0.263. The summed E-state index contributed by atoms with van der Waals surface area (Å²) < 4.78 is 6.76. The largest absolute Gasteiger partial charge is 0.459 e. The van der Waals surface area contributed by atoms with Crippen molar-refractivity contribution >= 4 is 11.8 Å². The Morgan fingerprint density at radius 1 is 1.19 bits per heavy atom. The topological polar surface area (TPSA) is 93.3 Å². The van der Waals surface area contributed by atoms with Gasteiger partial charge >= 0.3 is 0 Å². The van der Waals surface area contributed by atoms with Gasteiger partial charge in [-0.25, -0.2) is 9.67 Å². The van der Waals surface area contributed by atoms with Crippen LogP contribution in [0.3, 0.4) is 0 Å². The zero-order valence-electron chi connectivity index (χ0n) is 14.6. The van der Waals surface area contributed by atoms with Gasteiger partial charge in [-0.05, 0) is 37.1 Å². The molecule has 1 saturated heterocycles. The number of benzene rings is 1. The predicted octanol–water partition coefficient (Wildman–Crippen LogP) is 1.89. The summed E-state index contributed by atoms with van der Waals surface area (Å²) in [6.45, 7) is 1.11. The van der Waals surface area contributed by atoms with E-state index in [1.54, 1.807) is 34.1 Å². The number of carbonyl (C=O) groups is 2. The molecule has 0 saturated carbocycles. The van der Waals surface area contributed by atoms with E-state index in [0.717, 1.165) is 12.8 Å². The molecule has 1 aliphatic heterocycles. The molecule has 8 nitrogen and oxygen atoms in total. The van der Waals surface area contributed by atoms with Crippen LogP contribution < -0.4 is 5.32 Å². The van der Waals surface area contributed by atoms with E-state index in [1.165, 1.54) is 12.6 Å². The zero-order chi connectivity index (χ0) is 18.6. The Labute approximate surface area is 155 Å². The summed E-state index contributed by atoms with van der Waals surface area (Å²) in [6, 6.07) is 10.4. The van der Waals surface area contributed by atoms with Crippen LogP contribution in [-0.2, 0) is 0 Å². The molecule has 0 radical (unpaired) electrons. The lowest BCUT2D eigenvalue weighted by Crippen LogP contribution is -2.49. The Bertz CT molecular complexity index is 921. The van der Waals surface area contributed by atoms with Gasteiger partial charge in [-0.2, -0.15) is 5.10 Å². The molecule has 1 unspecified atom stereocenters. The average molecular weight is 365 g/mol. The molecule has 1 fully saturated rings. The minimum Gasteiger partial charge on any atom is -0.459 e. The second-order valence-corrected chi connectivity index (χ2v) is 6.40. The van der Waals surface area contributed by atoms with Crippen molar-refractivity contribution in [1.82, 2.24) is 25.0 Å². The minimum absolute atomic E-state index is 0.117. The quantitative estimate of drug-likeness (QED) is 0.762. The van der Waals surface area contributed by atoms with Gasteiger partial charge in [0.1, 0.15) is 12.7 Å². The van der Waals surface area contributed by atoms with Gasteiger partial charge in [0.25, 0.3) is 11.8 Å². The SMILES string of the molecule is O=C(NC1CCCN(C(=O)c2ccco2)C1)c1ccccc1-n1cncn1. The lowest BCUT2D eigenvalue weighted by Gasteiger charge is -2.32. The molecule has 3 aromatic rings. The number of amides is 2. The maximum Gasteiger partial charge on any atom is 0.289 e. The summed E-state index contributed by atoms with van der Waals surface area (Å²) >= 11 is 0. The third kappa shape index (κ3) is 3.59. The van der Waals surface area contributed by atoms with Crippen molar-refractivity contribution in [1.29, 1.82) is 0 Å². The van der Waals surface area contributed by atoms with E-state index in [1.807, 2.05) is 18.2 Å². The molecule has 0 spiro atoms. The molecule has 138 valence electrons. The number of nitrogens with one attached hydrogen (secondary N) is 1. The highest BCUT2D eigenvalue weighted by Crippen LogP contribution is 2.17. The number of piperidine rings is 1. The highest BCUT2D eigenvalue weighted by molar-refractivity contribution is 5.98. The van der Waals surface area contributed by atoms with Crippen LogP contribution in [0.25, 0.3) is 5.69 Å². The van der Waals surface area contributed by atoms with Crippen molar-refractivity contribution in [3.8, 4) is 5.69 Å². The van der Waals surface area contributed by atoms with Gasteiger partial charge in [0.05, 0.1) is 17.5 Å². The van der Waals surface area contributed by atoms with Gasteiger partial charge in [-0.1, -0.05) is 12.1 Å². The molecular formula is C19H19N5O3. The first-order chi connectivity index (χ1) is 13.2. The van der Waals surface area contributed by atoms with Crippen molar-refractivity contribution in [3.05, 3.63) is 66.6 Å². The van der Waals surface area contributed by atoms with Crippen molar-refractivity contribution in [2.45, 2.75) is 18.9 Å². The van der Waals surface area contributed by atoms with Crippen molar-refractivity contribution < 1.29 is 14.0 Å². The van der Waals surface area contributed by atoms with Crippen molar-refractivity contribution in [3.63, 3.8) is 0 Å². The number of rotatable bonds is 4. The average Bonchev–Trinajstić information content (AvgIpc) is 3.41. The zero-order valence-corrected chi connectivity index (χ0v) is 14.6. The van der Waals surface area contributed by atoms with E-state index in [4.69, 9.17) is 4.42 Å². The Hall–Kier alpha value is -3.42. The Morgan fingerprint density at radius 3 is 2.85 bits per heavy atom. The number of carbonyl (C=O) groups excluding carboxylic acids is 2. The summed E-state index contributed by atoms with van der Waals surface area (Å²) in [6.07, 6.45) is 6.10. The molecule has 0 bridgehead atoms. The molecule has 4 rings (SSSR count). The third-order valence-electron chi connectivity index (χ3n) is 4.59. The van der Waals surface area contributed by atoms with Crippen molar-refractivity contribution in [2.75, 3.05) is 13.1 Å². The minimum atomic E-state index is -0.196. The van der Waals surface area contributed by atoms with Crippen molar-refractivity contribution in [2.24, 2.45) is 0 Å². The first-order valence-corrected chi connectivity index (χ1v) is 8.80. The number of likely N-dealkylation sites (tertiary alicyclic amines) is 1. The summed E-state index contributed by atoms with van der Waals surface area (Å²) in [5.74, 6) is -0.0288. The normalized spacial score (nSPS) is 16.9. The van der Waals surface area contributed by atoms with Gasteiger partial charge in [-0.3, -0.25) is 9.59 Å². The maximum absolute atomic E-state index is 12.8. The van der Waals surface area contributed by atoms with E-state index in [-0.39, 0.29) is 17.9 Å². The number of hydrogen-bond donors (Lipinski definition) is 1. The van der Waals surface area contributed by atoms with E-state index in [9.17, 15) is 9.59 Å². The van der Waals surface area contributed by atoms with E-state index in [2.05, 4.69) is 15.4 Å². The lowest BCUT2D eigenvalue weighted by atomic mass is 10.0. The fourth-order valence-electron chi connectivity index (χ4n) is 3.30. The summed E-state index contributed by atoms with van der Waals surface area (Å²) in [4.78, 5) is 31.0. The molecule has 2 aromatic heterocycles.